The van der Waals surface area contributed by atoms with Crippen molar-refractivity contribution in [1.29, 1.82) is 0 Å². The van der Waals surface area contributed by atoms with Gasteiger partial charge in [-0.3, -0.25) is 4.79 Å². The van der Waals surface area contributed by atoms with Gasteiger partial charge in [0.25, 0.3) is 5.91 Å². The molecule has 0 N–H and O–H groups in total. The zero-order valence-corrected chi connectivity index (χ0v) is 12.3. The molecule has 0 aliphatic carbocycles. The van der Waals surface area contributed by atoms with Crippen LogP contribution in [0, 0.1) is 0 Å². The molecule has 1 aromatic carbocycles. The highest BCUT2D eigenvalue weighted by molar-refractivity contribution is 6.05. The Hall–Kier alpha value is -2.27. The lowest BCUT2D eigenvalue weighted by molar-refractivity contribution is 0.0962. The maximum Gasteiger partial charge on any atom is 0.293 e. The zero-order valence-electron chi connectivity index (χ0n) is 12.3. The van der Waals surface area contributed by atoms with Gasteiger partial charge in [-0.15, -0.1) is 0 Å². The molecule has 1 amide bonds. The van der Waals surface area contributed by atoms with Crippen molar-refractivity contribution >= 4 is 17.3 Å². The van der Waals surface area contributed by atoms with Crippen molar-refractivity contribution in [2.45, 2.75) is 6.42 Å². The second-order valence-electron chi connectivity index (χ2n) is 5.60. The zero-order chi connectivity index (χ0) is 14.9. The van der Waals surface area contributed by atoms with Crippen molar-refractivity contribution in [2.75, 3.05) is 42.6 Å². The van der Waals surface area contributed by atoms with Gasteiger partial charge >= 0.3 is 0 Å². The van der Waals surface area contributed by atoms with Gasteiger partial charge in [-0.1, -0.05) is 6.07 Å². The number of furan rings is 1. The number of hydrogen-bond donors (Lipinski definition) is 0. The molecule has 2 aromatic rings. The summed E-state index contributed by atoms with van der Waals surface area (Å²) in [5, 5.41) is 0. The third kappa shape index (κ3) is 2.27. The fourth-order valence-corrected chi connectivity index (χ4v) is 3.13. The summed E-state index contributed by atoms with van der Waals surface area (Å²) in [6, 6.07) is 9.86. The fourth-order valence-electron chi connectivity index (χ4n) is 3.13. The number of rotatable bonds is 2. The number of ether oxygens (including phenoxy) is 1. The van der Waals surface area contributed by atoms with E-state index in [9.17, 15) is 4.79 Å². The number of carbonyl (C=O) groups is 1. The van der Waals surface area contributed by atoms with Crippen LogP contribution in [0.25, 0.3) is 0 Å². The molecule has 3 heterocycles. The summed E-state index contributed by atoms with van der Waals surface area (Å²) < 4.78 is 10.7. The Labute approximate surface area is 129 Å². The van der Waals surface area contributed by atoms with Gasteiger partial charge in [-0.2, -0.15) is 0 Å². The minimum atomic E-state index is -0.0668. The van der Waals surface area contributed by atoms with Gasteiger partial charge in [0.1, 0.15) is 0 Å². The molecule has 114 valence electrons. The largest absolute Gasteiger partial charge is 0.459 e. The van der Waals surface area contributed by atoms with Crippen molar-refractivity contribution in [1.82, 2.24) is 0 Å². The molecule has 1 saturated heterocycles. The normalized spacial score (nSPS) is 17.6. The van der Waals surface area contributed by atoms with Crippen LogP contribution in [0.5, 0.6) is 0 Å². The van der Waals surface area contributed by atoms with Crippen LogP contribution in [-0.2, 0) is 11.2 Å². The van der Waals surface area contributed by atoms with Crippen molar-refractivity contribution in [2.24, 2.45) is 0 Å². The average Bonchev–Trinajstić information content (AvgIpc) is 3.24. The number of hydrogen-bond acceptors (Lipinski definition) is 4. The van der Waals surface area contributed by atoms with Crippen LogP contribution in [-0.4, -0.2) is 38.8 Å². The van der Waals surface area contributed by atoms with Crippen LogP contribution < -0.4 is 9.80 Å². The molecule has 5 heteroatoms. The van der Waals surface area contributed by atoms with Crippen molar-refractivity contribution in [3.63, 3.8) is 0 Å². The number of morpholine rings is 1. The summed E-state index contributed by atoms with van der Waals surface area (Å²) in [6.45, 7) is 4.01. The summed E-state index contributed by atoms with van der Waals surface area (Å²) in [6.07, 6.45) is 2.43. The van der Waals surface area contributed by atoms with Crippen molar-refractivity contribution in [3.8, 4) is 0 Å². The van der Waals surface area contributed by atoms with Gasteiger partial charge in [0.15, 0.2) is 5.76 Å². The van der Waals surface area contributed by atoms with Gasteiger partial charge in [0.2, 0.25) is 0 Å². The lowest BCUT2D eigenvalue weighted by Crippen LogP contribution is -2.36. The van der Waals surface area contributed by atoms with E-state index in [1.54, 1.807) is 12.1 Å². The standard InChI is InChI=1S/C17H18N2O3/c20-17(16-2-1-9-22-16)19-6-5-13-3-4-14(12-15(13)19)18-7-10-21-11-8-18/h1-4,9,12H,5-8,10-11H2. The Morgan fingerprint density at radius 1 is 1.09 bits per heavy atom. The topological polar surface area (TPSA) is 45.9 Å². The van der Waals surface area contributed by atoms with Crippen LogP contribution in [0.15, 0.2) is 41.0 Å². The molecular formula is C17H18N2O3. The third-order valence-electron chi connectivity index (χ3n) is 4.32. The Balaban J connectivity index is 1.64. The Morgan fingerprint density at radius 3 is 2.73 bits per heavy atom. The maximum atomic E-state index is 12.6. The Morgan fingerprint density at radius 2 is 1.95 bits per heavy atom. The second kappa shape index (κ2) is 5.50. The van der Waals surface area contributed by atoms with Gasteiger partial charge in [0.05, 0.1) is 19.5 Å². The molecule has 0 spiro atoms. The maximum absolute atomic E-state index is 12.6. The predicted octanol–water partition coefficient (Wildman–Crippen LogP) is 2.32. The number of carbonyl (C=O) groups excluding carboxylic acids is 1. The molecule has 22 heavy (non-hydrogen) atoms. The molecule has 0 unspecified atom stereocenters. The molecule has 4 rings (SSSR count). The minimum absolute atomic E-state index is 0.0668. The monoisotopic (exact) mass is 298 g/mol. The second-order valence-corrected chi connectivity index (χ2v) is 5.60. The predicted molar refractivity (Wildman–Crippen MR) is 83.6 cm³/mol. The molecule has 1 fully saturated rings. The molecule has 0 saturated carbocycles. The molecule has 0 bridgehead atoms. The Kier molecular flexibility index (Phi) is 3.35. The van der Waals surface area contributed by atoms with Crippen LogP contribution in [0.4, 0.5) is 11.4 Å². The molecule has 5 nitrogen and oxygen atoms in total. The molecule has 0 radical (unpaired) electrons. The number of amides is 1. The van der Waals surface area contributed by atoms with Gasteiger partial charge in [-0.05, 0) is 36.2 Å². The van der Waals surface area contributed by atoms with E-state index in [4.69, 9.17) is 9.15 Å². The van der Waals surface area contributed by atoms with Crippen molar-refractivity contribution in [3.05, 3.63) is 47.9 Å². The van der Waals surface area contributed by atoms with E-state index in [0.717, 1.165) is 44.1 Å². The van der Waals surface area contributed by atoms with Gasteiger partial charge in [-0.25, -0.2) is 0 Å². The summed E-state index contributed by atoms with van der Waals surface area (Å²) in [4.78, 5) is 16.7. The van der Waals surface area contributed by atoms with Crippen molar-refractivity contribution < 1.29 is 13.9 Å². The molecular weight excluding hydrogens is 280 g/mol. The lowest BCUT2D eigenvalue weighted by atomic mass is 10.1. The van der Waals surface area contributed by atoms with Gasteiger partial charge in [0, 0.05) is 31.0 Å². The van der Waals surface area contributed by atoms with Crippen LogP contribution >= 0.6 is 0 Å². The van der Waals surface area contributed by atoms with Crippen LogP contribution in [0.1, 0.15) is 16.1 Å². The molecule has 2 aliphatic heterocycles. The number of fused-ring (bicyclic) bond motifs is 1. The molecule has 0 atom stereocenters. The first-order chi connectivity index (χ1) is 10.8. The highest BCUT2D eigenvalue weighted by atomic mass is 16.5. The quantitative estimate of drug-likeness (QED) is 0.853. The summed E-state index contributed by atoms with van der Waals surface area (Å²) in [5.74, 6) is 0.326. The first-order valence-corrected chi connectivity index (χ1v) is 7.64. The van der Waals surface area contributed by atoms with E-state index < -0.39 is 0 Å². The van der Waals surface area contributed by atoms with Crippen LogP contribution in [0.2, 0.25) is 0 Å². The van der Waals surface area contributed by atoms with E-state index in [1.807, 2.05) is 4.90 Å². The lowest BCUT2D eigenvalue weighted by Gasteiger charge is -2.29. The minimum Gasteiger partial charge on any atom is -0.459 e. The number of nitrogens with zero attached hydrogens (tertiary/aromatic N) is 2. The van der Waals surface area contributed by atoms with E-state index in [-0.39, 0.29) is 5.91 Å². The summed E-state index contributed by atoms with van der Waals surface area (Å²) in [7, 11) is 0. The first-order valence-electron chi connectivity index (χ1n) is 7.64. The van der Waals surface area contributed by atoms with E-state index >= 15 is 0 Å². The molecule has 1 aromatic heterocycles. The van der Waals surface area contributed by atoms with Gasteiger partial charge < -0.3 is 19.0 Å². The number of anilines is 2. The fraction of sp³-hybridized carbons (Fsp3) is 0.353. The van der Waals surface area contributed by atoms with E-state index in [0.29, 0.717) is 12.3 Å². The summed E-state index contributed by atoms with van der Waals surface area (Å²) in [5.41, 5.74) is 3.38. The molecule has 2 aliphatic rings. The smallest absolute Gasteiger partial charge is 0.293 e. The SMILES string of the molecule is O=C(c1ccco1)N1CCc2ccc(N3CCOCC3)cc21. The summed E-state index contributed by atoms with van der Waals surface area (Å²) >= 11 is 0. The van der Waals surface area contributed by atoms with E-state index in [1.165, 1.54) is 11.8 Å². The number of benzene rings is 1. The van der Waals surface area contributed by atoms with Crippen LogP contribution in [0.3, 0.4) is 0 Å². The third-order valence-corrected chi connectivity index (χ3v) is 4.32. The average molecular weight is 298 g/mol. The first kappa shape index (κ1) is 13.4. The highest BCUT2D eigenvalue weighted by Gasteiger charge is 2.28. The highest BCUT2D eigenvalue weighted by Crippen LogP contribution is 2.33. The van der Waals surface area contributed by atoms with E-state index in [2.05, 4.69) is 23.1 Å². The Bertz CT molecular complexity index is 675.